The summed E-state index contributed by atoms with van der Waals surface area (Å²) in [5, 5.41) is 2.64. The maximum Gasteiger partial charge on any atom is 0.179 e. The number of sulfone groups is 1. The van der Waals surface area contributed by atoms with E-state index in [4.69, 9.17) is 0 Å². The van der Waals surface area contributed by atoms with Crippen molar-refractivity contribution in [3.8, 4) is 0 Å². The van der Waals surface area contributed by atoms with E-state index < -0.39 is 20.5 Å². The third-order valence-corrected chi connectivity index (χ3v) is 4.07. The molecule has 0 radical (unpaired) electrons. The van der Waals surface area contributed by atoms with Crippen molar-refractivity contribution < 1.29 is 17.6 Å². The topological polar surface area (TPSA) is 63.2 Å². The van der Waals surface area contributed by atoms with Crippen LogP contribution in [-0.2, 0) is 9.84 Å². The predicted octanol–water partition coefficient (Wildman–Crippen LogP) is 1.39. The maximum atomic E-state index is 13.6. The molecule has 0 heterocycles. The molecular formula is C10H11BrFNO3S. The molecule has 0 aliphatic rings. The third-order valence-electron chi connectivity index (χ3n) is 2.03. The lowest BCUT2D eigenvalue weighted by atomic mass is 10.1. The zero-order chi connectivity index (χ0) is 13.2. The van der Waals surface area contributed by atoms with Crippen molar-refractivity contribution in [2.24, 2.45) is 0 Å². The molecule has 1 N–H and O–H groups in total. The second kappa shape index (κ2) is 5.24. The fourth-order valence-electron chi connectivity index (χ4n) is 1.34. The van der Waals surface area contributed by atoms with Gasteiger partial charge in [0.05, 0.1) is 6.54 Å². The van der Waals surface area contributed by atoms with Crippen molar-refractivity contribution >= 4 is 31.6 Å². The molecule has 0 aliphatic heterocycles. The minimum absolute atomic E-state index is 0.0550. The minimum Gasteiger partial charge on any atom is -0.313 e. The lowest BCUT2D eigenvalue weighted by Crippen LogP contribution is -2.19. The van der Waals surface area contributed by atoms with Gasteiger partial charge in [-0.3, -0.25) is 4.79 Å². The summed E-state index contributed by atoms with van der Waals surface area (Å²) in [5.74, 6) is -1.24. The summed E-state index contributed by atoms with van der Waals surface area (Å²) in [6.45, 7) is 0.0596. The fourth-order valence-corrected chi connectivity index (χ4v) is 3.48. The van der Waals surface area contributed by atoms with Crippen LogP contribution < -0.4 is 5.32 Å². The molecule has 0 fully saturated rings. The first-order valence-corrected chi connectivity index (χ1v) is 7.32. The highest BCUT2D eigenvalue weighted by molar-refractivity contribution is 9.10. The van der Waals surface area contributed by atoms with E-state index in [1.54, 1.807) is 7.05 Å². The molecule has 1 aromatic carbocycles. The number of likely N-dealkylation sites (N-methyl/N-ethyl adjacent to an activating group) is 1. The molecule has 0 amide bonds. The van der Waals surface area contributed by atoms with E-state index in [0.29, 0.717) is 0 Å². The monoisotopic (exact) mass is 323 g/mol. The second-order valence-corrected chi connectivity index (χ2v) is 6.30. The first kappa shape index (κ1) is 14.3. The van der Waals surface area contributed by atoms with Gasteiger partial charge in [-0.1, -0.05) is 0 Å². The van der Waals surface area contributed by atoms with Gasteiger partial charge in [0.1, 0.15) is 10.7 Å². The molecule has 7 heteroatoms. The smallest absolute Gasteiger partial charge is 0.179 e. The second-order valence-electron chi connectivity index (χ2n) is 3.49. The summed E-state index contributed by atoms with van der Waals surface area (Å²) in [4.78, 5) is 11.1. The molecule has 0 unspecified atom stereocenters. The molecular weight excluding hydrogens is 313 g/mol. The molecule has 1 aromatic rings. The van der Waals surface area contributed by atoms with E-state index in [9.17, 15) is 17.6 Å². The summed E-state index contributed by atoms with van der Waals surface area (Å²) in [6.07, 6.45) is 0.908. The van der Waals surface area contributed by atoms with Crippen molar-refractivity contribution in [2.75, 3.05) is 19.8 Å². The SMILES string of the molecule is CNCC(=O)c1cc(F)c(S(C)(=O)=O)c(Br)c1. The maximum absolute atomic E-state index is 13.6. The molecule has 0 saturated carbocycles. The molecule has 0 spiro atoms. The molecule has 94 valence electrons. The van der Waals surface area contributed by atoms with Gasteiger partial charge < -0.3 is 5.32 Å². The van der Waals surface area contributed by atoms with E-state index in [1.165, 1.54) is 6.07 Å². The van der Waals surface area contributed by atoms with E-state index >= 15 is 0 Å². The highest BCUT2D eigenvalue weighted by Crippen LogP contribution is 2.26. The number of benzene rings is 1. The van der Waals surface area contributed by atoms with E-state index in [2.05, 4.69) is 21.2 Å². The van der Waals surface area contributed by atoms with Crippen LogP contribution in [0.5, 0.6) is 0 Å². The molecule has 0 aliphatic carbocycles. The van der Waals surface area contributed by atoms with Crippen molar-refractivity contribution in [1.29, 1.82) is 0 Å². The van der Waals surface area contributed by atoms with Gasteiger partial charge in [-0.2, -0.15) is 0 Å². The Balaban J connectivity index is 3.33. The van der Waals surface area contributed by atoms with Crippen LogP contribution in [0.3, 0.4) is 0 Å². The summed E-state index contributed by atoms with van der Waals surface area (Å²) in [6, 6.07) is 2.24. The minimum atomic E-state index is -3.67. The molecule has 4 nitrogen and oxygen atoms in total. The molecule has 1 rings (SSSR count). The molecule has 17 heavy (non-hydrogen) atoms. The van der Waals surface area contributed by atoms with Crippen LogP contribution in [0.15, 0.2) is 21.5 Å². The Kier molecular flexibility index (Phi) is 4.40. The summed E-state index contributed by atoms with van der Waals surface area (Å²) in [5.41, 5.74) is 0.121. The number of halogens is 2. The van der Waals surface area contributed by atoms with Gasteiger partial charge in [0.15, 0.2) is 15.6 Å². The van der Waals surface area contributed by atoms with Crippen LogP contribution in [-0.4, -0.2) is 34.0 Å². The van der Waals surface area contributed by atoms with Crippen LogP contribution >= 0.6 is 15.9 Å². The van der Waals surface area contributed by atoms with Crippen LogP contribution in [0.25, 0.3) is 0 Å². The summed E-state index contributed by atoms with van der Waals surface area (Å²) >= 11 is 2.96. The Morgan fingerprint density at radius 2 is 2.06 bits per heavy atom. The number of nitrogens with one attached hydrogen (secondary N) is 1. The fraction of sp³-hybridized carbons (Fsp3) is 0.300. The van der Waals surface area contributed by atoms with E-state index in [0.717, 1.165) is 12.3 Å². The number of rotatable bonds is 4. The van der Waals surface area contributed by atoms with E-state index in [1.807, 2.05) is 0 Å². The standard InChI is InChI=1S/C10H11BrFNO3S/c1-13-5-9(14)6-3-7(11)10(8(12)4-6)17(2,15)16/h3-4,13H,5H2,1-2H3. The number of carbonyl (C=O) groups is 1. The largest absolute Gasteiger partial charge is 0.313 e. The van der Waals surface area contributed by atoms with Gasteiger partial charge in [0.25, 0.3) is 0 Å². The first-order chi connectivity index (χ1) is 7.77. The molecule has 0 bridgehead atoms. The van der Waals surface area contributed by atoms with Gasteiger partial charge in [-0.05, 0) is 35.1 Å². The molecule has 0 atom stereocenters. The number of ketones is 1. The highest BCUT2D eigenvalue weighted by atomic mass is 79.9. The quantitative estimate of drug-likeness (QED) is 0.851. The normalized spacial score (nSPS) is 11.5. The molecule has 0 saturated heterocycles. The van der Waals surface area contributed by atoms with Crippen LogP contribution in [0.4, 0.5) is 4.39 Å². The lowest BCUT2D eigenvalue weighted by molar-refractivity contribution is 0.0993. The summed E-state index contributed by atoms with van der Waals surface area (Å²) < 4.78 is 36.3. The number of hydrogen-bond acceptors (Lipinski definition) is 4. The average molecular weight is 324 g/mol. The number of carbonyl (C=O) groups excluding carboxylic acids is 1. The Hall–Kier alpha value is -0.790. The number of Topliss-reactive ketones (excluding diaryl/α,β-unsaturated/α-hetero) is 1. The number of hydrogen-bond donors (Lipinski definition) is 1. The Morgan fingerprint density at radius 3 is 2.47 bits per heavy atom. The third kappa shape index (κ3) is 3.34. The van der Waals surface area contributed by atoms with Gasteiger partial charge in [0, 0.05) is 16.3 Å². The first-order valence-electron chi connectivity index (χ1n) is 4.64. The Bertz CT molecular complexity index is 534. The van der Waals surface area contributed by atoms with Crippen molar-refractivity contribution in [1.82, 2.24) is 5.32 Å². The van der Waals surface area contributed by atoms with Gasteiger partial charge in [-0.25, -0.2) is 12.8 Å². The predicted molar refractivity (Wildman–Crippen MR) is 65.5 cm³/mol. The Morgan fingerprint density at radius 1 is 1.47 bits per heavy atom. The van der Waals surface area contributed by atoms with Crippen LogP contribution in [0, 0.1) is 5.82 Å². The van der Waals surface area contributed by atoms with Crippen molar-refractivity contribution in [3.63, 3.8) is 0 Å². The van der Waals surface area contributed by atoms with Crippen molar-refractivity contribution in [3.05, 3.63) is 28.0 Å². The lowest BCUT2D eigenvalue weighted by Gasteiger charge is -2.07. The highest BCUT2D eigenvalue weighted by Gasteiger charge is 2.20. The summed E-state index contributed by atoms with van der Waals surface area (Å²) in [7, 11) is -2.08. The van der Waals surface area contributed by atoms with Crippen LogP contribution in [0.2, 0.25) is 0 Å². The molecule has 0 aromatic heterocycles. The Labute approximate surface area is 107 Å². The average Bonchev–Trinajstić information content (AvgIpc) is 2.14. The van der Waals surface area contributed by atoms with Crippen molar-refractivity contribution in [2.45, 2.75) is 4.90 Å². The van der Waals surface area contributed by atoms with Crippen LogP contribution in [0.1, 0.15) is 10.4 Å². The van der Waals surface area contributed by atoms with Gasteiger partial charge in [0.2, 0.25) is 0 Å². The van der Waals surface area contributed by atoms with Gasteiger partial charge in [-0.15, -0.1) is 0 Å². The van der Waals surface area contributed by atoms with Gasteiger partial charge >= 0.3 is 0 Å². The zero-order valence-electron chi connectivity index (χ0n) is 9.25. The van der Waals surface area contributed by atoms with E-state index in [-0.39, 0.29) is 22.4 Å². The zero-order valence-corrected chi connectivity index (χ0v) is 11.7.